The standard InChI is InChI=1S/C10H17N3O2/c1-6-4-7(11)2-3-13(6)8-5-9(14)12-10(8)15/h6-8H,2-5,11H2,1H3,(H,12,14,15). The van der Waals surface area contributed by atoms with E-state index < -0.39 is 0 Å². The Labute approximate surface area is 89.0 Å². The molecular weight excluding hydrogens is 194 g/mol. The molecule has 2 saturated heterocycles. The van der Waals surface area contributed by atoms with Crippen molar-refractivity contribution in [1.29, 1.82) is 0 Å². The fourth-order valence-electron chi connectivity index (χ4n) is 2.50. The molecule has 2 heterocycles. The van der Waals surface area contributed by atoms with Gasteiger partial charge in [0.25, 0.3) is 0 Å². The predicted octanol–water partition coefficient (Wildman–Crippen LogP) is -0.787. The van der Waals surface area contributed by atoms with E-state index in [-0.39, 0.29) is 29.9 Å². The maximum absolute atomic E-state index is 11.5. The summed E-state index contributed by atoms with van der Waals surface area (Å²) in [5.41, 5.74) is 5.85. The fourth-order valence-corrected chi connectivity index (χ4v) is 2.50. The summed E-state index contributed by atoms with van der Waals surface area (Å²) >= 11 is 0. The van der Waals surface area contributed by atoms with Crippen molar-refractivity contribution in [3.05, 3.63) is 0 Å². The Morgan fingerprint density at radius 3 is 2.73 bits per heavy atom. The Morgan fingerprint density at radius 2 is 2.20 bits per heavy atom. The van der Waals surface area contributed by atoms with E-state index in [9.17, 15) is 9.59 Å². The van der Waals surface area contributed by atoms with E-state index >= 15 is 0 Å². The van der Waals surface area contributed by atoms with Gasteiger partial charge in [0.1, 0.15) is 0 Å². The second-order valence-electron chi connectivity index (χ2n) is 4.50. The van der Waals surface area contributed by atoms with Crippen LogP contribution in [-0.2, 0) is 9.59 Å². The van der Waals surface area contributed by atoms with Gasteiger partial charge in [-0.15, -0.1) is 0 Å². The third kappa shape index (κ3) is 2.03. The fraction of sp³-hybridized carbons (Fsp3) is 0.800. The molecule has 0 aromatic carbocycles. The smallest absolute Gasteiger partial charge is 0.244 e. The number of nitrogens with one attached hydrogen (secondary N) is 1. The van der Waals surface area contributed by atoms with E-state index in [4.69, 9.17) is 5.73 Å². The molecule has 0 aromatic heterocycles. The molecule has 84 valence electrons. The van der Waals surface area contributed by atoms with E-state index in [0.717, 1.165) is 19.4 Å². The first kappa shape index (κ1) is 10.6. The second-order valence-corrected chi connectivity index (χ2v) is 4.50. The van der Waals surface area contributed by atoms with Crippen molar-refractivity contribution >= 4 is 11.8 Å². The molecule has 0 bridgehead atoms. The first-order valence-electron chi connectivity index (χ1n) is 5.43. The van der Waals surface area contributed by atoms with Gasteiger partial charge in [0, 0.05) is 18.6 Å². The van der Waals surface area contributed by atoms with Crippen LogP contribution in [0.3, 0.4) is 0 Å². The maximum Gasteiger partial charge on any atom is 0.244 e. The third-order valence-electron chi connectivity index (χ3n) is 3.31. The number of imide groups is 1. The van der Waals surface area contributed by atoms with Gasteiger partial charge >= 0.3 is 0 Å². The molecule has 0 aliphatic carbocycles. The van der Waals surface area contributed by atoms with Crippen molar-refractivity contribution in [3.8, 4) is 0 Å². The molecule has 2 aliphatic heterocycles. The molecule has 2 aliphatic rings. The SMILES string of the molecule is CC1CC(N)CCN1C1CC(=O)NC1=O. The Hall–Kier alpha value is -0.940. The van der Waals surface area contributed by atoms with E-state index in [2.05, 4.69) is 17.1 Å². The number of amides is 2. The highest BCUT2D eigenvalue weighted by molar-refractivity contribution is 6.05. The normalized spacial score (nSPS) is 38.1. The van der Waals surface area contributed by atoms with Crippen LogP contribution in [0.1, 0.15) is 26.2 Å². The lowest BCUT2D eigenvalue weighted by atomic mass is 9.97. The zero-order valence-electron chi connectivity index (χ0n) is 8.90. The summed E-state index contributed by atoms with van der Waals surface area (Å²) in [4.78, 5) is 24.7. The first-order valence-corrected chi connectivity index (χ1v) is 5.43. The van der Waals surface area contributed by atoms with Crippen LogP contribution in [0.2, 0.25) is 0 Å². The number of hydrogen-bond donors (Lipinski definition) is 2. The zero-order chi connectivity index (χ0) is 11.0. The molecular formula is C10H17N3O2. The number of carbonyl (C=O) groups excluding carboxylic acids is 2. The summed E-state index contributed by atoms with van der Waals surface area (Å²) in [5.74, 6) is -0.311. The molecule has 3 N–H and O–H groups in total. The van der Waals surface area contributed by atoms with Crippen molar-refractivity contribution in [1.82, 2.24) is 10.2 Å². The average molecular weight is 211 g/mol. The van der Waals surface area contributed by atoms with E-state index in [0.29, 0.717) is 6.42 Å². The molecule has 0 aromatic rings. The van der Waals surface area contributed by atoms with Crippen LogP contribution >= 0.6 is 0 Å². The van der Waals surface area contributed by atoms with E-state index in [1.807, 2.05) is 0 Å². The van der Waals surface area contributed by atoms with Crippen molar-refractivity contribution in [2.45, 2.75) is 44.3 Å². The van der Waals surface area contributed by atoms with Crippen LogP contribution < -0.4 is 11.1 Å². The Kier molecular flexibility index (Phi) is 2.75. The minimum absolute atomic E-state index is 0.151. The third-order valence-corrected chi connectivity index (χ3v) is 3.31. The van der Waals surface area contributed by atoms with Crippen molar-refractivity contribution in [3.63, 3.8) is 0 Å². The number of nitrogens with two attached hydrogens (primary N) is 1. The molecule has 15 heavy (non-hydrogen) atoms. The zero-order valence-corrected chi connectivity index (χ0v) is 8.90. The monoisotopic (exact) mass is 211 g/mol. The highest BCUT2D eigenvalue weighted by Gasteiger charge is 2.39. The Bertz CT molecular complexity index is 292. The molecule has 5 nitrogen and oxygen atoms in total. The van der Waals surface area contributed by atoms with Crippen LogP contribution in [0.4, 0.5) is 0 Å². The van der Waals surface area contributed by atoms with E-state index in [1.165, 1.54) is 0 Å². The lowest BCUT2D eigenvalue weighted by Gasteiger charge is -2.38. The summed E-state index contributed by atoms with van der Waals surface area (Å²) in [6.07, 6.45) is 2.11. The van der Waals surface area contributed by atoms with E-state index in [1.54, 1.807) is 0 Å². The van der Waals surface area contributed by atoms with Crippen LogP contribution in [-0.4, -0.2) is 41.4 Å². The number of piperidine rings is 1. The number of rotatable bonds is 1. The summed E-state index contributed by atoms with van der Waals surface area (Å²) in [5, 5.41) is 2.35. The van der Waals surface area contributed by atoms with Crippen LogP contribution in [0.25, 0.3) is 0 Å². The Balaban J connectivity index is 2.04. The van der Waals surface area contributed by atoms with Gasteiger partial charge in [0.15, 0.2) is 0 Å². The average Bonchev–Trinajstić information content (AvgIpc) is 2.45. The second kappa shape index (κ2) is 3.90. The summed E-state index contributed by atoms with van der Waals surface area (Å²) in [6.45, 7) is 2.88. The minimum atomic E-state index is -0.264. The first-order chi connectivity index (χ1) is 7.08. The minimum Gasteiger partial charge on any atom is -0.328 e. The van der Waals surface area contributed by atoms with Crippen LogP contribution in [0, 0.1) is 0 Å². The predicted molar refractivity (Wildman–Crippen MR) is 54.9 cm³/mol. The molecule has 0 saturated carbocycles. The topological polar surface area (TPSA) is 75.4 Å². The van der Waals surface area contributed by atoms with Crippen molar-refractivity contribution < 1.29 is 9.59 Å². The largest absolute Gasteiger partial charge is 0.328 e. The molecule has 2 fully saturated rings. The van der Waals surface area contributed by atoms with Gasteiger partial charge in [-0.25, -0.2) is 0 Å². The van der Waals surface area contributed by atoms with Gasteiger partial charge in [0.2, 0.25) is 11.8 Å². The summed E-state index contributed by atoms with van der Waals surface area (Å²) < 4.78 is 0. The maximum atomic E-state index is 11.5. The number of likely N-dealkylation sites (tertiary alicyclic amines) is 1. The van der Waals surface area contributed by atoms with Gasteiger partial charge in [-0.1, -0.05) is 0 Å². The quantitative estimate of drug-likeness (QED) is 0.557. The number of hydrogen-bond acceptors (Lipinski definition) is 4. The highest BCUT2D eigenvalue weighted by Crippen LogP contribution is 2.22. The van der Waals surface area contributed by atoms with Gasteiger partial charge in [0.05, 0.1) is 12.5 Å². The molecule has 5 heteroatoms. The van der Waals surface area contributed by atoms with Gasteiger partial charge in [-0.05, 0) is 19.8 Å². The molecule has 0 spiro atoms. The molecule has 2 rings (SSSR count). The van der Waals surface area contributed by atoms with Crippen molar-refractivity contribution in [2.24, 2.45) is 5.73 Å². The summed E-state index contributed by atoms with van der Waals surface area (Å²) in [6, 6.07) is 0.256. The number of nitrogens with zero attached hydrogens (tertiary/aromatic N) is 1. The van der Waals surface area contributed by atoms with Gasteiger partial charge in [-0.3, -0.25) is 19.8 Å². The van der Waals surface area contributed by atoms with Gasteiger partial charge < -0.3 is 5.73 Å². The Morgan fingerprint density at radius 1 is 1.47 bits per heavy atom. The number of carbonyl (C=O) groups is 2. The lowest BCUT2D eigenvalue weighted by molar-refractivity contribution is -0.127. The molecule has 0 radical (unpaired) electrons. The highest BCUT2D eigenvalue weighted by atomic mass is 16.2. The van der Waals surface area contributed by atoms with Crippen LogP contribution in [0.5, 0.6) is 0 Å². The molecule has 2 amide bonds. The molecule has 3 unspecified atom stereocenters. The van der Waals surface area contributed by atoms with Crippen molar-refractivity contribution in [2.75, 3.05) is 6.54 Å². The summed E-state index contributed by atoms with van der Waals surface area (Å²) in [7, 11) is 0. The van der Waals surface area contributed by atoms with Crippen LogP contribution in [0.15, 0.2) is 0 Å². The molecule has 3 atom stereocenters. The lowest BCUT2D eigenvalue weighted by Crippen LogP contribution is -2.52. The van der Waals surface area contributed by atoms with Gasteiger partial charge in [-0.2, -0.15) is 0 Å².